The third kappa shape index (κ3) is 4.77. The maximum atomic E-state index is 11.7. The molecule has 2 rings (SSSR count). The number of nitrogens with zero attached hydrogens (tertiary/aromatic N) is 1. The predicted octanol–water partition coefficient (Wildman–Crippen LogP) is 2.98. The van der Waals surface area contributed by atoms with Crippen LogP contribution in [0.15, 0.2) is 18.2 Å². The molecule has 1 fully saturated rings. The quantitative estimate of drug-likeness (QED) is 0.829. The van der Waals surface area contributed by atoms with Gasteiger partial charge in [0.1, 0.15) is 0 Å². The van der Waals surface area contributed by atoms with E-state index >= 15 is 0 Å². The number of alkyl carbamates (subject to hydrolysis) is 1. The van der Waals surface area contributed by atoms with E-state index in [1.165, 1.54) is 19.3 Å². The maximum Gasteiger partial charge on any atom is 0.407 e. The zero-order valence-corrected chi connectivity index (χ0v) is 14.8. The number of amides is 1. The van der Waals surface area contributed by atoms with Crippen molar-refractivity contribution in [3.05, 3.63) is 23.8 Å². The molecule has 1 aliphatic rings. The summed E-state index contributed by atoms with van der Waals surface area (Å²) in [6.07, 6.45) is 3.26. The minimum Gasteiger partial charge on any atom is -0.493 e. The van der Waals surface area contributed by atoms with Gasteiger partial charge in [-0.1, -0.05) is 12.5 Å². The zero-order valence-electron chi connectivity index (χ0n) is 14.8. The SMILES string of the molecule is CCOC(=O)NCC(c1ccc(OC)c(OC)c1)N1CCCCC1. The van der Waals surface area contributed by atoms with E-state index in [2.05, 4.69) is 10.2 Å². The number of hydrogen-bond donors (Lipinski definition) is 1. The fourth-order valence-electron chi connectivity index (χ4n) is 3.11. The second-order valence-corrected chi connectivity index (χ2v) is 5.83. The Morgan fingerprint density at radius 2 is 1.88 bits per heavy atom. The summed E-state index contributed by atoms with van der Waals surface area (Å²) in [6, 6.07) is 6.03. The van der Waals surface area contributed by atoms with Crippen molar-refractivity contribution < 1.29 is 19.0 Å². The van der Waals surface area contributed by atoms with E-state index in [-0.39, 0.29) is 12.1 Å². The predicted molar refractivity (Wildman–Crippen MR) is 92.7 cm³/mol. The van der Waals surface area contributed by atoms with E-state index in [4.69, 9.17) is 14.2 Å². The average molecular weight is 336 g/mol. The molecule has 6 heteroatoms. The molecule has 1 N–H and O–H groups in total. The monoisotopic (exact) mass is 336 g/mol. The minimum absolute atomic E-state index is 0.0921. The summed E-state index contributed by atoms with van der Waals surface area (Å²) in [5.41, 5.74) is 1.10. The van der Waals surface area contributed by atoms with Gasteiger partial charge >= 0.3 is 6.09 Å². The van der Waals surface area contributed by atoms with Crippen LogP contribution in [-0.4, -0.2) is 51.5 Å². The molecule has 134 valence electrons. The van der Waals surface area contributed by atoms with Crippen LogP contribution in [0.3, 0.4) is 0 Å². The van der Waals surface area contributed by atoms with Crippen LogP contribution in [0.25, 0.3) is 0 Å². The first-order valence-electron chi connectivity index (χ1n) is 8.56. The van der Waals surface area contributed by atoms with Crippen molar-refractivity contribution >= 4 is 6.09 Å². The van der Waals surface area contributed by atoms with Crippen LogP contribution in [0.2, 0.25) is 0 Å². The van der Waals surface area contributed by atoms with Crippen LogP contribution in [0, 0.1) is 0 Å². The number of nitrogens with one attached hydrogen (secondary N) is 1. The first-order chi connectivity index (χ1) is 11.7. The van der Waals surface area contributed by atoms with Gasteiger partial charge in [0.15, 0.2) is 11.5 Å². The smallest absolute Gasteiger partial charge is 0.407 e. The second-order valence-electron chi connectivity index (χ2n) is 5.83. The van der Waals surface area contributed by atoms with Crippen molar-refractivity contribution in [2.24, 2.45) is 0 Å². The second kappa shape index (κ2) is 9.37. The Morgan fingerprint density at radius 1 is 1.17 bits per heavy atom. The largest absolute Gasteiger partial charge is 0.493 e. The average Bonchev–Trinajstić information content (AvgIpc) is 2.62. The van der Waals surface area contributed by atoms with E-state index in [0.717, 1.165) is 18.7 Å². The van der Waals surface area contributed by atoms with Crippen LogP contribution < -0.4 is 14.8 Å². The topological polar surface area (TPSA) is 60.0 Å². The third-order valence-corrected chi connectivity index (χ3v) is 4.34. The molecule has 1 aliphatic heterocycles. The number of ether oxygens (including phenoxy) is 3. The number of likely N-dealkylation sites (tertiary alicyclic amines) is 1. The van der Waals surface area contributed by atoms with Crippen LogP contribution in [-0.2, 0) is 4.74 Å². The molecule has 6 nitrogen and oxygen atoms in total. The van der Waals surface area contributed by atoms with Gasteiger partial charge in [-0.15, -0.1) is 0 Å². The molecule has 24 heavy (non-hydrogen) atoms. The Labute approximate surface area is 144 Å². The normalized spacial score (nSPS) is 16.3. The summed E-state index contributed by atoms with van der Waals surface area (Å²) in [7, 11) is 3.26. The number of methoxy groups -OCH3 is 2. The van der Waals surface area contributed by atoms with Gasteiger partial charge in [0.25, 0.3) is 0 Å². The van der Waals surface area contributed by atoms with E-state index in [1.54, 1.807) is 21.1 Å². The van der Waals surface area contributed by atoms with E-state index in [0.29, 0.717) is 24.7 Å². The number of rotatable bonds is 7. The van der Waals surface area contributed by atoms with Gasteiger partial charge in [-0.05, 0) is 50.6 Å². The van der Waals surface area contributed by atoms with Crippen molar-refractivity contribution in [1.29, 1.82) is 0 Å². The molecule has 0 aliphatic carbocycles. The molecule has 1 saturated heterocycles. The Morgan fingerprint density at radius 3 is 2.50 bits per heavy atom. The van der Waals surface area contributed by atoms with Crippen LogP contribution in [0.1, 0.15) is 37.8 Å². The lowest BCUT2D eigenvalue weighted by Gasteiger charge is -2.35. The van der Waals surface area contributed by atoms with Gasteiger partial charge in [-0.3, -0.25) is 4.90 Å². The summed E-state index contributed by atoms with van der Waals surface area (Å²) in [6.45, 7) is 4.74. The lowest BCUT2D eigenvalue weighted by Crippen LogP contribution is -2.40. The number of piperidine rings is 1. The standard InChI is InChI=1S/C18H28N2O4/c1-4-24-18(21)19-13-15(20-10-6-5-7-11-20)14-8-9-16(22-2)17(12-14)23-3/h8-9,12,15H,4-7,10-11,13H2,1-3H3,(H,19,21). The summed E-state index contributed by atoms with van der Waals surface area (Å²) < 4.78 is 15.7. The highest BCUT2D eigenvalue weighted by Gasteiger charge is 2.24. The molecule has 0 radical (unpaired) electrons. The molecule has 0 saturated carbocycles. The van der Waals surface area contributed by atoms with Crippen molar-refractivity contribution in [2.75, 3.05) is 40.5 Å². The molecule has 1 atom stereocenters. The van der Waals surface area contributed by atoms with Gasteiger partial charge in [0.05, 0.1) is 26.9 Å². The fraction of sp³-hybridized carbons (Fsp3) is 0.611. The summed E-state index contributed by atoms with van der Waals surface area (Å²) in [5.74, 6) is 1.41. The molecular weight excluding hydrogens is 308 g/mol. The summed E-state index contributed by atoms with van der Waals surface area (Å²) in [5, 5.41) is 2.87. The molecule has 1 aromatic rings. The summed E-state index contributed by atoms with van der Waals surface area (Å²) >= 11 is 0. The van der Waals surface area contributed by atoms with Gasteiger partial charge in [-0.25, -0.2) is 4.79 Å². The highest BCUT2D eigenvalue weighted by Crippen LogP contribution is 2.32. The lowest BCUT2D eigenvalue weighted by molar-refractivity contribution is 0.135. The summed E-state index contributed by atoms with van der Waals surface area (Å²) in [4.78, 5) is 14.1. The van der Waals surface area contributed by atoms with Crippen LogP contribution >= 0.6 is 0 Å². The number of carbonyl (C=O) groups is 1. The number of carbonyl (C=O) groups excluding carboxylic acids is 1. The van der Waals surface area contributed by atoms with Crippen LogP contribution in [0.5, 0.6) is 11.5 Å². The van der Waals surface area contributed by atoms with Crippen LogP contribution in [0.4, 0.5) is 4.79 Å². The van der Waals surface area contributed by atoms with Gasteiger partial charge in [-0.2, -0.15) is 0 Å². The molecule has 1 aromatic carbocycles. The molecule has 1 unspecified atom stereocenters. The number of benzene rings is 1. The first kappa shape index (κ1) is 18.4. The zero-order chi connectivity index (χ0) is 17.4. The minimum atomic E-state index is -0.375. The molecular formula is C18H28N2O4. The Kier molecular flexibility index (Phi) is 7.18. The van der Waals surface area contributed by atoms with Gasteiger partial charge < -0.3 is 19.5 Å². The molecule has 0 spiro atoms. The highest BCUT2D eigenvalue weighted by molar-refractivity contribution is 5.67. The van der Waals surface area contributed by atoms with Crippen molar-refractivity contribution in [1.82, 2.24) is 10.2 Å². The lowest BCUT2D eigenvalue weighted by atomic mass is 10.0. The highest BCUT2D eigenvalue weighted by atomic mass is 16.5. The Bertz CT molecular complexity index is 530. The van der Waals surface area contributed by atoms with Crippen molar-refractivity contribution in [3.8, 4) is 11.5 Å². The fourth-order valence-corrected chi connectivity index (χ4v) is 3.11. The number of hydrogen-bond acceptors (Lipinski definition) is 5. The Balaban J connectivity index is 2.18. The van der Waals surface area contributed by atoms with Crippen molar-refractivity contribution in [2.45, 2.75) is 32.2 Å². The molecule has 0 aromatic heterocycles. The first-order valence-corrected chi connectivity index (χ1v) is 8.56. The van der Waals surface area contributed by atoms with E-state index in [9.17, 15) is 4.79 Å². The maximum absolute atomic E-state index is 11.7. The molecule has 0 bridgehead atoms. The van der Waals surface area contributed by atoms with E-state index < -0.39 is 0 Å². The molecule has 1 amide bonds. The van der Waals surface area contributed by atoms with E-state index in [1.807, 2.05) is 18.2 Å². The Hall–Kier alpha value is -1.95. The third-order valence-electron chi connectivity index (χ3n) is 4.34. The van der Waals surface area contributed by atoms with Gasteiger partial charge in [0, 0.05) is 6.54 Å². The van der Waals surface area contributed by atoms with Crippen molar-refractivity contribution in [3.63, 3.8) is 0 Å². The molecule has 1 heterocycles. The van der Waals surface area contributed by atoms with Gasteiger partial charge in [0.2, 0.25) is 0 Å².